The van der Waals surface area contributed by atoms with Crippen LogP contribution < -0.4 is 16.0 Å². The van der Waals surface area contributed by atoms with Gasteiger partial charge in [-0.2, -0.15) is 0 Å². The Morgan fingerprint density at radius 1 is 1.06 bits per heavy atom. The molecule has 4 N–H and O–H groups in total. The van der Waals surface area contributed by atoms with Gasteiger partial charge in [0, 0.05) is 44.2 Å². The van der Waals surface area contributed by atoms with E-state index < -0.39 is 36.0 Å². The number of esters is 1. The van der Waals surface area contributed by atoms with E-state index in [4.69, 9.17) is 4.74 Å². The summed E-state index contributed by atoms with van der Waals surface area (Å²) in [6, 6.07) is 6.80. The zero-order valence-corrected chi connectivity index (χ0v) is 29.7. The lowest BCUT2D eigenvalue weighted by Gasteiger charge is -2.36. The molecule has 0 unspecified atom stereocenters. The number of carbonyl (C=O) groups excluding carboxylic acids is 4. The van der Waals surface area contributed by atoms with Gasteiger partial charge in [0.05, 0.1) is 0 Å². The minimum atomic E-state index is -1.17. The first-order valence-electron chi connectivity index (χ1n) is 16.7. The molecular formula is C35H51N5O7S. The topological polar surface area (TPSA) is 167 Å². The molecule has 12 nitrogen and oxygen atoms in total. The van der Waals surface area contributed by atoms with Crippen LogP contribution in [0, 0.1) is 17.8 Å². The number of carboxylic acid groups (broad SMARTS) is 1. The Morgan fingerprint density at radius 3 is 2.33 bits per heavy atom. The highest BCUT2D eigenvalue weighted by Gasteiger charge is 2.41. The zero-order chi connectivity index (χ0) is 35.4. The van der Waals surface area contributed by atoms with Crippen LogP contribution in [0.5, 0.6) is 0 Å². The van der Waals surface area contributed by atoms with Crippen LogP contribution in [0.2, 0.25) is 0 Å². The number of rotatable bonds is 20. The van der Waals surface area contributed by atoms with Gasteiger partial charge in [-0.1, -0.05) is 57.5 Å². The van der Waals surface area contributed by atoms with Crippen molar-refractivity contribution in [1.29, 1.82) is 0 Å². The molecular weight excluding hydrogens is 634 g/mol. The van der Waals surface area contributed by atoms with Gasteiger partial charge < -0.3 is 30.7 Å². The van der Waals surface area contributed by atoms with Gasteiger partial charge in [0.15, 0.2) is 6.10 Å². The lowest BCUT2D eigenvalue weighted by Crippen LogP contribution is -2.53. The lowest BCUT2D eigenvalue weighted by molar-refractivity contribution is -0.149. The van der Waals surface area contributed by atoms with E-state index in [1.54, 1.807) is 36.2 Å². The van der Waals surface area contributed by atoms with E-state index in [0.717, 1.165) is 55.5 Å². The Labute approximate surface area is 287 Å². The molecule has 2 aromatic rings. The second-order valence-corrected chi connectivity index (χ2v) is 13.9. The van der Waals surface area contributed by atoms with E-state index in [-0.39, 0.29) is 54.1 Å². The summed E-state index contributed by atoms with van der Waals surface area (Å²) in [6.07, 6.45) is 3.82. The number of amides is 3. The van der Waals surface area contributed by atoms with Gasteiger partial charge in [-0.3, -0.25) is 19.2 Å². The van der Waals surface area contributed by atoms with Gasteiger partial charge in [-0.15, -0.1) is 11.3 Å². The quantitative estimate of drug-likeness (QED) is 0.119. The molecule has 3 amide bonds. The number of nitrogens with one attached hydrogen (secondary N) is 3. The zero-order valence-electron chi connectivity index (χ0n) is 28.9. The van der Waals surface area contributed by atoms with Crippen molar-refractivity contribution in [3.63, 3.8) is 0 Å². The summed E-state index contributed by atoms with van der Waals surface area (Å²) in [6.45, 7) is 8.00. The number of benzene rings is 1. The summed E-state index contributed by atoms with van der Waals surface area (Å²) >= 11 is 1.12. The predicted octanol–water partition coefficient (Wildman–Crippen LogP) is 3.97. The Morgan fingerprint density at radius 2 is 1.75 bits per heavy atom. The molecule has 48 heavy (non-hydrogen) atoms. The van der Waals surface area contributed by atoms with E-state index in [2.05, 4.69) is 20.9 Å². The number of nitrogens with zero attached hydrogens (tertiary/aromatic N) is 2. The number of unbranched alkanes of at least 4 members (excludes halogenated alkanes) is 1. The molecule has 0 spiro atoms. The van der Waals surface area contributed by atoms with Gasteiger partial charge in [-0.25, -0.2) is 9.78 Å². The smallest absolute Gasteiger partial charge is 0.326 e. The molecule has 1 fully saturated rings. The molecule has 264 valence electrons. The molecule has 3 rings (SSSR count). The van der Waals surface area contributed by atoms with E-state index in [0.29, 0.717) is 5.01 Å². The van der Waals surface area contributed by atoms with Gasteiger partial charge in [-0.05, 0) is 56.7 Å². The standard InChI is InChI=1S/C35H51N5O7S/c1-21(2)28(40(6)34(44)30(25-15-16-25)39-31(42)22(3)12-10-11-17-36-5)19-29(47-23(4)41)33-38-27(20-48-33)32(43)37-26(35(45)46)18-24-13-8-7-9-14-24/h7-9,13-14,20-22,25-26,28-30,36H,10-12,15-19H2,1-6H3,(H,37,43)(H,39,42)(H,45,46)/t22-,26+,28-,29-,30+/m1/s1. The molecule has 1 aliphatic rings. The molecule has 0 aliphatic heterocycles. The fourth-order valence-corrected chi connectivity index (χ4v) is 6.53. The van der Waals surface area contributed by atoms with E-state index in [9.17, 15) is 29.1 Å². The van der Waals surface area contributed by atoms with Gasteiger partial charge in [0.1, 0.15) is 22.8 Å². The van der Waals surface area contributed by atoms with Gasteiger partial charge in [0.2, 0.25) is 11.8 Å². The molecule has 1 heterocycles. The average molecular weight is 686 g/mol. The predicted molar refractivity (Wildman–Crippen MR) is 183 cm³/mol. The first-order valence-corrected chi connectivity index (χ1v) is 17.6. The van der Waals surface area contributed by atoms with Crippen molar-refractivity contribution in [2.24, 2.45) is 17.8 Å². The van der Waals surface area contributed by atoms with Crippen LogP contribution in [0.15, 0.2) is 35.7 Å². The molecule has 1 saturated carbocycles. The molecule has 5 atom stereocenters. The summed E-state index contributed by atoms with van der Waals surface area (Å²) in [5.41, 5.74) is 0.768. The number of hydrogen-bond acceptors (Lipinski definition) is 9. The minimum absolute atomic E-state index is 0.00794. The summed E-state index contributed by atoms with van der Waals surface area (Å²) in [5, 5.41) is 20.3. The van der Waals surface area contributed by atoms with Crippen LogP contribution in [-0.2, 0) is 30.3 Å². The Balaban J connectivity index is 1.73. The summed E-state index contributed by atoms with van der Waals surface area (Å²) < 4.78 is 5.68. The molecule has 1 aliphatic carbocycles. The fraction of sp³-hybridized carbons (Fsp3) is 0.600. The third kappa shape index (κ3) is 11.7. The van der Waals surface area contributed by atoms with Crippen LogP contribution in [0.25, 0.3) is 0 Å². The van der Waals surface area contributed by atoms with E-state index >= 15 is 0 Å². The maximum atomic E-state index is 13.9. The molecule has 13 heteroatoms. The van der Waals surface area contributed by atoms with Crippen molar-refractivity contribution in [3.8, 4) is 0 Å². The third-order valence-corrected chi connectivity index (χ3v) is 9.65. The van der Waals surface area contributed by atoms with Crippen LogP contribution in [-0.4, -0.2) is 83.4 Å². The molecule has 0 saturated heterocycles. The molecule has 0 radical (unpaired) electrons. The highest BCUT2D eigenvalue weighted by atomic mass is 32.1. The summed E-state index contributed by atoms with van der Waals surface area (Å²) in [4.78, 5) is 70.3. The Kier molecular flexibility index (Phi) is 15.0. The van der Waals surface area contributed by atoms with Crippen molar-refractivity contribution in [3.05, 3.63) is 52.0 Å². The fourth-order valence-electron chi connectivity index (χ4n) is 5.69. The normalized spacial score (nSPS) is 15.9. The highest BCUT2D eigenvalue weighted by Crippen LogP contribution is 2.35. The first-order chi connectivity index (χ1) is 22.8. The third-order valence-electron chi connectivity index (χ3n) is 8.71. The van der Waals surface area contributed by atoms with Crippen LogP contribution >= 0.6 is 11.3 Å². The monoisotopic (exact) mass is 685 g/mol. The largest absolute Gasteiger partial charge is 0.480 e. The van der Waals surface area contributed by atoms with Crippen LogP contribution in [0.3, 0.4) is 0 Å². The molecule has 1 aromatic carbocycles. The number of aliphatic carboxylic acids is 1. The Bertz CT molecular complexity index is 1380. The van der Waals surface area contributed by atoms with Crippen molar-refractivity contribution in [2.45, 2.75) is 96.9 Å². The second-order valence-electron chi connectivity index (χ2n) is 13.0. The SMILES string of the molecule is CNCCCC[C@@H](C)C(=O)N[C@H](C(=O)N(C)[C@H](C[C@@H](OC(C)=O)c1nc(C(=O)N[C@@H](Cc2ccccc2)C(=O)O)cs1)C(C)C)C1CC1. The van der Waals surface area contributed by atoms with Crippen LogP contribution in [0.1, 0.15) is 93.4 Å². The highest BCUT2D eigenvalue weighted by molar-refractivity contribution is 7.09. The summed E-state index contributed by atoms with van der Waals surface area (Å²) in [7, 11) is 3.61. The Hall–Kier alpha value is -3.84. The van der Waals surface area contributed by atoms with Gasteiger partial charge >= 0.3 is 11.9 Å². The number of carbonyl (C=O) groups is 5. The van der Waals surface area contributed by atoms with Crippen LogP contribution in [0.4, 0.5) is 0 Å². The number of carboxylic acids is 1. The lowest BCUT2D eigenvalue weighted by atomic mass is 9.95. The van der Waals surface area contributed by atoms with Crippen molar-refractivity contribution >= 4 is 41.0 Å². The molecule has 0 bridgehead atoms. The maximum Gasteiger partial charge on any atom is 0.326 e. The maximum absolute atomic E-state index is 13.9. The van der Waals surface area contributed by atoms with Crippen molar-refractivity contribution in [2.75, 3.05) is 20.6 Å². The first kappa shape index (κ1) is 38.6. The average Bonchev–Trinajstić information content (AvgIpc) is 3.77. The number of thiazole rings is 1. The number of aromatic nitrogens is 1. The van der Waals surface area contributed by atoms with Crippen molar-refractivity contribution < 1.29 is 33.8 Å². The van der Waals surface area contributed by atoms with E-state index in [1.165, 1.54) is 12.3 Å². The minimum Gasteiger partial charge on any atom is -0.480 e. The van der Waals surface area contributed by atoms with E-state index in [1.807, 2.05) is 33.9 Å². The van der Waals surface area contributed by atoms with Gasteiger partial charge in [0.25, 0.3) is 5.91 Å². The number of hydrogen-bond donors (Lipinski definition) is 4. The number of likely N-dealkylation sites (N-methyl/N-ethyl adjacent to an activating group) is 1. The summed E-state index contributed by atoms with van der Waals surface area (Å²) in [5.74, 6) is -2.87. The number of ether oxygens (including phenoxy) is 1. The second kappa shape index (κ2) is 18.6. The molecule has 1 aromatic heterocycles. The van der Waals surface area contributed by atoms with Crippen molar-refractivity contribution in [1.82, 2.24) is 25.8 Å².